The monoisotopic (exact) mass is 394 g/mol. The molecular formula is C21H31ClN2O3. The van der Waals surface area contributed by atoms with Gasteiger partial charge in [-0.2, -0.15) is 0 Å². The van der Waals surface area contributed by atoms with Gasteiger partial charge in [0, 0.05) is 38.0 Å². The third kappa shape index (κ3) is 4.95. The van der Waals surface area contributed by atoms with Crippen molar-refractivity contribution in [1.29, 1.82) is 0 Å². The number of hydrogen-bond acceptors (Lipinski definition) is 5. The molecule has 1 aromatic carbocycles. The number of carbonyl (C=O) groups is 1. The molecule has 2 aliphatic rings. The average Bonchev–Trinajstić information content (AvgIpc) is 2.56. The van der Waals surface area contributed by atoms with Crippen molar-refractivity contribution in [3.05, 3.63) is 28.8 Å². The third-order valence-electron chi connectivity index (χ3n) is 5.28. The molecule has 27 heavy (non-hydrogen) atoms. The number of piperidine rings is 2. The van der Waals surface area contributed by atoms with Crippen molar-refractivity contribution in [3.8, 4) is 5.75 Å². The van der Waals surface area contributed by atoms with Crippen molar-refractivity contribution in [2.45, 2.75) is 39.4 Å². The van der Waals surface area contributed by atoms with E-state index in [2.05, 4.69) is 23.8 Å². The second-order valence-electron chi connectivity index (χ2n) is 8.82. The first-order chi connectivity index (χ1) is 12.7. The summed E-state index contributed by atoms with van der Waals surface area (Å²) in [6, 6.07) is 5.11. The van der Waals surface area contributed by atoms with Gasteiger partial charge in [-0.1, -0.05) is 18.5 Å². The lowest BCUT2D eigenvalue weighted by molar-refractivity contribution is -0.0831. The minimum absolute atomic E-state index is 0.0286. The summed E-state index contributed by atoms with van der Waals surface area (Å²) >= 11 is 6.24. The van der Waals surface area contributed by atoms with Crippen molar-refractivity contribution < 1.29 is 14.3 Å². The van der Waals surface area contributed by atoms with Gasteiger partial charge >= 0.3 is 5.97 Å². The van der Waals surface area contributed by atoms with Crippen LogP contribution in [0.1, 0.15) is 38.1 Å². The van der Waals surface area contributed by atoms with Crippen molar-refractivity contribution >= 4 is 17.6 Å². The Morgan fingerprint density at radius 3 is 2.37 bits per heavy atom. The molecule has 0 spiro atoms. The summed E-state index contributed by atoms with van der Waals surface area (Å²) in [5.41, 5.74) is 0.101. The predicted molar refractivity (Wildman–Crippen MR) is 108 cm³/mol. The van der Waals surface area contributed by atoms with Gasteiger partial charge in [-0.15, -0.1) is 0 Å². The van der Waals surface area contributed by atoms with Gasteiger partial charge in [0.1, 0.15) is 17.5 Å². The molecule has 150 valence electrons. The maximum Gasteiger partial charge on any atom is 0.338 e. The summed E-state index contributed by atoms with van der Waals surface area (Å²) in [5.74, 6) is 0.923. The van der Waals surface area contributed by atoms with Gasteiger partial charge < -0.3 is 19.3 Å². The number of benzene rings is 1. The molecule has 3 atom stereocenters. The third-order valence-corrected chi connectivity index (χ3v) is 5.59. The molecule has 3 rings (SSSR count). The van der Waals surface area contributed by atoms with Crippen LogP contribution in [0.3, 0.4) is 0 Å². The number of esters is 1. The Bertz CT molecular complexity index is 672. The Balaban J connectivity index is 1.74. The van der Waals surface area contributed by atoms with Crippen LogP contribution in [-0.2, 0) is 4.74 Å². The molecule has 2 saturated heterocycles. The summed E-state index contributed by atoms with van der Waals surface area (Å²) < 4.78 is 11.9. The lowest BCUT2D eigenvalue weighted by atomic mass is 9.81. The number of halogens is 1. The normalized spacial score (nSPS) is 26.7. The molecule has 0 aliphatic carbocycles. The quantitative estimate of drug-likeness (QED) is 0.730. The van der Waals surface area contributed by atoms with Crippen LogP contribution in [0, 0.1) is 11.8 Å². The first-order valence-electron chi connectivity index (χ1n) is 9.76. The molecule has 0 aromatic heterocycles. The van der Waals surface area contributed by atoms with E-state index >= 15 is 0 Å². The van der Waals surface area contributed by atoms with E-state index in [0.29, 0.717) is 28.2 Å². The van der Waals surface area contributed by atoms with Gasteiger partial charge in [0.25, 0.3) is 0 Å². The highest BCUT2D eigenvalue weighted by Crippen LogP contribution is 2.33. The topological polar surface area (TPSA) is 42.0 Å². The standard InChI is InChI=1S/C21H31ClN2O3/c1-6-24-12-15-10-23(5)11-16(13-24)19(15)26-20(25)14-7-8-17(22)18(9-14)27-21(2,3)4/h7-9,15-16,19H,6,10-13H2,1-5H3/t15-,16+,19?. The second-order valence-corrected chi connectivity index (χ2v) is 9.23. The molecule has 6 heteroatoms. The second kappa shape index (κ2) is 7.98. The zero-order valence-electron chi connectivity index (χ0n) is 17.0. The van der Waals surface area contributed by atoms with Crippen molar-refractivity contribution in [1.82, 2.24) is 9.80 Å². The number of likely N-dealkylation sites (tertiary alicyclic amines) is 2. The Morgan fingerprint density at radius 1 is 1.19 bits per heavy atom. The zero-order valence-corrected chi connectivity index (χ0v) is 17.8. The SMILES string of the molecule is CCN1C[C@H]2CN(C)C[C@@H](C1)C2OC(=O)c1ccc(Cl)c(OC(C)(C)C)c1. The molecule has 0 N–H and O–H groups in total. The Morgan fingerprint density at radius 2 is 1.81 bits per heavy atom. The number of nitrogens with zero attached hydrogens (tertiary/aromatic N) is 2. The lowest BCUT2D eigenvalue weighted by Crippen LogP contribution is -2.60. The number of hydrogen-bond donors (Lipinski definition) is 0. The minimum atomic E-state index is -0.388. The molecule has 0 saturated carbocycles. The van der Waals surface area contributed by atoms with Crippen LogP contribution in [0.4, 0.5) is 0 Å². The smallest absolute Gasteiger partial charge is 0.338 e. The molecule has 1 aromatic rings. The molecule has 0 radical (unpaired) electrons. The van der Waals surface area contributed by atoms with Gasteiger partial charge in [0.15, 0.2) is 0 Å². The molecule has 2 bridgehead atoms. The van der Waals surface area contributed by atoms with E-state index in [1.54, 1.807) is 18.2 Å². The van der Waals surface area contributed by atoms with E-state index in [0.717, 1.165) is 32.7 Å². The molecular weight excluding hydrogens is 364 g/mol. The highest BCUT2D eigenvalue weighted by Gasteiger charge is 2.43. The van der Waals surface area contributed by atoms with Gasteiger partial charge in [0.2, 0.25) is 0 Å². The minimum Gasteiger partial charge on any atom is -0.487 e. The fourth-order valence-corrected chi connectivity index (χ4v) is 4.37. The summed E-state index contributed by atoms with van der Waals surface area (Å²) in [5, 5.41) is 0.497. The lowest BCUT2D eigenvalue weighted by Gasteiger charge is -2.49. The zero-order chi connectivity index (χ0) is 19.8. The van der Waals surface area contributed by atoms with E-state index in [9.17, 15) is 4.79 Å². The van der Waals surface area contributed by atoms with Crippen molar-refractivity contribution in [2.75, 3.05) is 39.8 Å². The maximum atomic E-state index is 12.9. The van der Waals surface area contributed by atoms with Crippen LogP contribution in [0.5, 0.6) is 5.75 Å². The summed E-state index contributed by atoms with van der Waals surface area (Å²) in [6.07, 6.45) is -0.0286. The van der Waals surface area contributed by atoms with E-state index in [1.807, 2.05) is 20.8 Å². The van der Waals surface area contributed by atoms with E-state index < -0.39 is 0 Å². The van der Waals surface area contributed by atoms with Gasteiger partial charge in [-0.3, -0.25) is 0 Å². The fourth-order valence-electron chi connectivity index (χ4n) is 4.21. The molecule has 2 aliphatic heterocycles. The van der Waals surface area contributed by atoms with Crippen LogP contribution in [-0.4, -0.2) is 67.2 Å². The van der Waals surface area contributed by atoms with Crippen LogP contribution in [0.2, 0.25) is 5.02 Å². The Labute approximate surface area is 167 Å². The molecule has 2 heterocycles. The highest BCUT2D eigenvalue weighted by atomic mass is 35.5. The summed E-state index contributed by atoms with van der Waals surface area (Å²) in [7, 11) is 2.15. The number of fused-ring (bicyclic) bond motifs is 2. The number of carbonyl (C=O) groups excluding carboxylic acids is 1. The van der Waals surface area contributed by atoms with Crippen molar-refractivity contribution in [3.63, 3.8) is 0 Å². The summed E-state index contributed by atoms with van der Waals surface area (Å²) in [4.78, 5) is 17.7. The first kappa shape index (κ1) is 20.4. The van der Waals surface area contributed by atoms with Crippen LogP contribution in [0.25, 0.3) is 0 Å². The van der Waals surface area contributed by atoms with Crippen LogP contribution in [0.15, 0.2) is 18.2 Å². The molecule has 1 unspecified atom stereocenters. The highest BCUT2D eigenvalue weighted by molar-refractivity contribution is 6.32. The van der Waals surface area contributed by atoms with Gasteiger partial charge in [-0.25, -0.2) is 4.79 Å². The van der Waals surface area contributed by atoms with Gasteiger partial charge in [-0.05, 0) is 52.6 Å². The predicted octanol–water partition coefficient (Wildman–Crippen LogP) is 3.56. The Hall–Kier alpha value is -1.30. The van der Waals surface area contributed by atoms with Crippen LogP contribution < -0.4 is 4.74 Å². The fraction of sp³-hybridized carbons (Fsp3) is 0.667. The summed E-state index contributed by atoms with van der Waals surface area (Å²) in [6.45, 7) is 13.0. The largest absolute Gasteiger partial charge is 0.487 e. The van der Waals surface area contributed by atoms with E-state index in [-0.39, 0.29) is 17.7 Å². The van der Waals surface area contributed by atoms with Crippen LogP contribution >= 0.6 is 11.6 Å². The number of rotatable bonds is 4. The van der Waals surface area contributed by atoms with Gasteiger partial charge in [0.05, 0.1) is 10.6 Å². The molecule has 5 nitrogen and oxygen atoms in total. The first-order valence-corrected chi connectivity index (χ1v) is 10.1. The number of ether oxygens (including phenoxy) is 2. The molecule has 0 amide bonds. The average molecular weight is 395 g/mol. The maximum absolute atomic E-state index is 12.9. The van der Waals surface area contributed by atoms with Crippen molar-refractivity contribution in [2.24, 2.45) is 11.8 Å². The Kier molecular flexibility index (Phi) is 6.04. The molecule has 2 fully saturated rings. The van der Waals surface area contributed by atoms with E-state index in [1.165, 1.54) is 0 Å². The van der Waals surface area contributed by atoms with E-state index in [4.69, 9.17) is 21.1 Å².